The highest BCUT2D eigenvalue weighted by atomic mass is 16.5. The van der Waals surface area contributed by atoms with Crippen molar-refractivity contribution in [2.75, 3.05) is 32.8 Å². The molecule has 1 heterocycles. The van der Waals surface area contributed by atoms with Gasteiger partial charge in [0.2, 0.25) is 5.91 Å². The fourth-order valence-electron chi connectivity index (χ4n) is 5.36. The van der Waals surface area contributed by atoms with Crippen LogP contribution in [0.4, 0.5) is 0 Å². The van der Waals surface area contributed by atoms with Gasteiger partial charge in [-0.3, -0.25) is 9.69 Å². The molecule has 0 aliphatic carbocycles. The molecule has 3 aromatic carbocycles. The van der Waals surface area contributed by atoms with Crippen molar-refractivity contribution in [2.24, 2.45) is 0 Å². The molecule has 4 rings (SSSR count). The quantitative estimate of drug-likeness (QED) is 0.154. The van der Waals surface area contributed by atoms with E-state index >= 15 is 0 Å². The minimum absolute atomic E-state index is 0.0771. The molecule has 2 N–H and O–H groups in total. The zero-order valence-electron chi connectivity index (χ0n) is 26.4. The molecule has 0 radical (unpaired) electrons. The first-order valence-electron chi connectivity index (χ1n) is 15.7. The number of amides is 1. The van der Waals surface area contributed by atoms with E-state index in [-0.39, 0.29) is 24.5 Å². The molecule has 0 bridgehead atoms. The summed E-state index contributed by atoms with van der Waals surface area (Å²) in [6.45, 7) is 12.1. The Labute approximate surface area is 257 Å². The number of carbonyl (C=O) groups excluding carboxylic acids is 1. The van der Waals surface area contributed by atoms with Gasteiger partial charge in [0.25, 0.3) is 0 Å². The summed E-state index contributed by atoms with van der Waals surface area (Å²) < 4.78 is 5.79. The molecule has 1 unspecified atom stereocenters. The van der Waals surface area contributed by atoms with Gasteiger partial charge in [0.1, 0.15) is 0 Å². The predicted molar refractivity (Wildman–Crippen MR) is 176 cm³/mol. The van der Waals surface area contributed by atoms with Crippen molar-refractivity contribution in [3.63, 3.8) is 0 Å². The van der Waals surface area contributed by atoms with Crippen LogP contribution in [0.2, 0.25) is 0 Å². The molecule has 1 atom stereocenters. The number of aliphatic hydroxyl groups excluding tert-OH is 1. The normalized spacial score (nSPS) is 12.6. The Balaban J connectivity index is 1.43. The Morgan fingerprint density at radius 2 is 1.65 bits per heavy atom. The lowest BCUT2D eigenvalue weighted by atomic mass is 9.87. The Morgan fingerprint density at radius 3 is 2.37 bits per heavy atom. The Bertz CT molecular complexity index is 1390. The number of unbranched alkanes of at least 4 members (excludes halogenated alkanes) is 1. The van der Waals surface area contributed by atoms with Crippen LogP contribution in [0.1, 0.15) is 62.8 Å². The van der Waals surface area contributed by atoms with E-state index in [1.165, 1.54) is 16.5 Å². The molecule has 1 aromatic heterocycles. The van der Waals surface area contributed by atoms with Crippen LogP contribution in [0.25, 0.3) is 10.9 Å². The maximum absolute atomic E-state index is 13.9. The number of hydrogen-bond acceptors (Lipinski definition) is 4. The number of ether oxygens (including phenoxy) is 1. The van der Waals surface area contributed by atoms with E-state index in [4.69, 9.17) is 4.74 Å². The third-order valence-corrected chi connectivity index (χ3v) is 7.95. The summed E-state index contributed by atoms with van der Waals surface area (Å²) in [5.41, 5.74) is 5.88. The fourth-order valence-corrected chi connectivity index (χ4v) is 5.36. The molecule has 230 valence electrons. The lowest BCUT2D eigenvalue weighted by Gasteiger charge is -2.29. The van der Waals surface area contributed by atoms with Gasteiger partial charge >= 0.3 is 0 Å². The highest BCUT2D eigenvalue weighted by Crippen LogP contribution is 2.23. The summed E-state index contributed by atoms with van der Waals surface area (Å²) in [6, 6.07) is 26.9. The van der Waals surface area contributed by atoms with Crippen molar-refractivity contribution in [2.45, 2.75) is 71.6 Å². The lowest BCUT2D eigenvalue weighted by Crippen LogP contribution is -2.44. The topological polar surface area (TPSA) is 68.8 Å². The van der Waals surface area contributed by atoms with Crippen LogP contribution in [0.15, 0.2) is 85.1 Å². The zero-order chi connectivity index (χ0) is 30.7. The number of benzene rings is 3. The molecule has 1 amide bonds. The third kappa shape index (κ3) is 10.1. The lowest BCUT2D eigenvalue weighted by molar-refractivity contribution is -0.133. The van der Waals surface area contributed by atoms with Crippen molar-refractivity contribution in [1.29, 1.82) is 0 Å². The summed E-state index contributed by atoms with van der Waals surface area (Å²) in [6.07, 6.45) is 4.15. The van der Waals surface area contributed by atoms with Gasteiger partial charge in [-0.15, -0.1) is 0 Å². The Morgan fingerprint density at radius 1 is 0.930 bits per heavy atom. The molecule has 4 aromatic rings. The van der Waals surface area contributed by atoms with Gasteiger partial charge in [-0.05, 0) is 53.1 Å². The highest BCUT2D eigenvalue weighted by Gasteiger charge is 2.21. The van der Waals surface area contributed by atoms with Crippen molar-refractivity contribution < 1.29 is 14.6 Å². The summed E-state index contributed by atoms with van der Waals surface area (Å²) in [7, 11) is 0. The largest absolute Gasteiger partial charge is 0.389 e. The molecule has 0 saturated carbocycles. The number of fused-ring (bicyclic) bond motifs is 1. The molecule has 6 heteroatoms. The van der Waals surface area contributed by atoms with Gasteiger partial charge in [-0.2, -0.15) is 0 Å². The molecule has 0 aliphatic rings. The summed E-state index contributed by atoms with van der Waals surface area (Å²) >= 11 is 0. The van der Waals surface area contributed by atoms with Gasteiger partial charge in [-0.25, -0.2) is 0 Å². The molecule has 0 saturated heterocycles. The number of rotatable bonds is 16. The first-order chi connectivity index (χ1) is 20.7. The van der Waals surface area contributed by atoms with Gasteiger partial charge in [0.05, 0.1) is 25.9 Å². The van der Waals surface area contributed by atoms with E-state index in [1.807, 2.05) is 41.3 Å². The predicted octanol–water partition coefficient (Wildman–Crippen LogP) is 6.72. The monoisotopic (exact) mass is 583 g/mol. The van der Waals surface area contributed by atoms with Crippen molar-refractivity contribution >= 4 is 16.8 Å². The Kier molecular flexibility index (Phi) is 12.0. The number of H-pyrrole nitrogens is 1. The number of aliphatic hydroxyl groups is 1. The molecule has 6 nitrogen and oxygen atoms in total. The van der Waals surface area contributed by atoms with Crippen LogP contribution in [0.5, 0.6) is 0 Å². The van der Waals surface area contributed by atoms with E-state index in [1.54, 1.807) is 0 Å². The first-order valence-corrected chi connectivity index (χ1v) is 15.7. The first kappa shape index (κ1) is 32.5. The third-order valence-electron chi connectivity index (χ3n) is 7.95. The minimum atomic E-state index is -0.669. The summed E-state index contributed by atoms with van der Waals surface area (Å²) in [4.78, 5) is 21.3. The van der Waals surface area contributed by atoms with Gasteiger partial charge in [-0.1, -0.05) is 107 Å². The number of nitrogens with zero attached hydrogens (tertiary/aromatic N) is 2. The number of aromatic amines is 1. The van der Waals surface area contributed by atoms with Crippen molar-refractivity contribution in [1.82, 2.24) is 14.8 Å². The van der Waals surface area contributed by atoms with Crippen LogP contribution in [-0.2, 0) is 34.5 Å². The Hall–Kier alpha value is -3.45. The standard InChI is InChI=1S/C37H49N3O3/c1-5-6-21-39(25-33(41)28-43-27-30-12-8-7-9-13-30)26-36(42)40(24-29-16-18-32(19-17-29)37(2,3)4)22-20-31-23-38-35-15-11-10-14-34(31)35/h7-19,23,33,38,41H,5-6,20-22,24-28H2,1-4H3. The van der Waals surface area contributed by atoms with Crippen molar-refractivity contribution in [3.05, 3.63) is 107 Å². The number of hydrogen-bond donors (Lipinski definition) is 2. The van der Waals surface area contributed by atoms with Crippen molar-refractivity contribution in [3.8, 4) is 0 Å². The average Bonchev–Trinajstić information content (AvgIpc) is 3.41. The summed E-state index contributed by atoms with van der Waals surface area (Å²) in [5.74, 6) is 0.0771. The minimum Gasteiger partial charge on any atom is -0.389 e. The van der Waals surface area contributed by atoms with Crippen LogP contribution < -0.4 is 0 Å². The van der Waals surface area contributed by atoms with Crippen LogP contribution in [0, 0.1) is 0 Å². The number of aromatic nitrogens is 1. The van der Waals surface area contributed by atoms with Gasteiger partial charge < -0.3 is 19.7 Å². The second-order valence-electron chi connectivity index (χ2n) is 12.6. The van der Waals surface area contributed by atoms with E-state index in [9.17, 15) is 9.90 Å². The van der Waals surface area contributed by atoms with Gasteiger partial charge in [0, 0.05) is 36.7 Å². The van der Waals surface area contributed by atoms with Crippen LogP contribution in [0.3, 0.4) is 0 Å². The average molecular weight is 584 g/mol. The SMILES string of the molecule is CCCCN(CC(=O)N(CCc1c[nH]c2ccccc12)Cc1ccc(C(C)(C)C)cc1)CC(O)COCc1ccccc1. The molecular formula is C37H49N3O3. The van der Waals surface area contributed by atoms with E-state index in [2.05, 4.69) is 86.2 Å². The molecule has 0 fully saturated rings. The second-order valence-corrected chi connectivity index (χ2v) is 12.6. The number of carbonyl (C=O) groups is 1. The number of nitrogens with one attached hydrogen (secondary N) is 1. The fraction of sp³-hybridized carbons (Fsp3) is 0.432. The summed E-state index contributed by atoms with van der Waals surface area (Å²) in [5, 5.41) is 12.0. The maximum atomic E-state index is 13.9. The molecule has 43 heavy (non-hydrogen) atoms. The number of para-hydroxylation sites is 1. The molecule has 0 spiro atoms. The zero-order valence-corrected chi connectivity index (χ0v) is 26.4. The van der Waals surface area contributed by atoms with E-state index in [0.717, 1.165) is 42.5 Å². The molecule has 0 aliphatic heterocycles. The highest BCUT2D eigenvalue weighted by molar-refractivity contribution is 5.83. The van der Waals surface area contributed by atoms with E-state index < -0.39 is 6.10 Å². The van der Waals surface area contributed by atoms with Crippen LogP contribution in [-0.4, -0.2) is 64.7 Å². The second kappa shape index (κ2) is 15.9. The molecular weight excluding hydrogens is 534 g/mol. The van der Waals surface area contributed by atoms with Crippen LogP contribution >= 0.6 is 0 Å². The maximum Gasteiger partial charge on any atom is 0.237 e. The van der Waals surface area contributed by atoms with Gasteiger partial charge in [0.15, 0.2) is 0 Å². The van der Waals surface area contributed by atoms with E-state index in [0.29, 0.717) is 26.2 Å². The smallest absolute Gasteiger partial charge is 0.237 e.